The Labute approximate surface area is 522 Å². The number of hydrogen-bond acceptors (Lipinski definition) is 22. The molecule has 0 aromatic carbocycles. The molecule has 22 heteroatoms. The van der Waals surface area contributed by atoms with Crippen molar-refractivity contribution >= 4 is 34.7 Å². The zero-order valence-electron chi connectivity index (χ0n) is 50.3. The summed E-state index contributed by atoms with van der Waals surface area (Å²) in [6, 6.07) is 0. The summed E-state index contributed by atoms with van der Waals surface area (Å²) in [5.74, 6) is 0.923. The summed E-state index contributed by atoms with van der Waals surface area (Å²) in [5, 5.41) is 0. The van der Waals surface area contributed by atoms with Gasteiger partial charge in [0.25, 0.3) is 0 Å². The van der Waals surface area contributed by atoms with Crippen LogP contribution in [0.5, 0.6) is 0 Å². The summed E-state index contributed by atoms with van der Waals surface area (Å²) in [7, 11) is 0. The van der Waals surface area contributed by atoms with Gasteiger partial charge >= 0.3 is 0 Å². The monoisotopic (exact) mass is 1250 g/mol. The third-order valence-corrected chi connectivity index (χ3v) is 27.6. The number of allylic oxidation sites excluding steroid dienone is 2. The number of ether oxygens (including phenoxy) is 16. The van der Waals surface area contributed by atoms with Crippen molar-refractivity contribution in [2.75, 3.05) is 19.8 Å². The minimum absolute atomic E-state index is 0.0557. The van der Waals surface area contributed by atoms with Gasteiger partial charge < -0.3 is 75.8 Å². The zero-order valence-corrected chi connectivity index (χ0v) is 50.3. The highest BCUT2D eigenvalue weighted by Gasteiger charge is 2.96. The van der Waals surface area contributed by atoms with Crippen LogP contribution < -0.4 is 0 Å². The van der Waals surface area contributed by atoms with Crippen LogP contribution in [0.1, 0.15) is 135 Å². The van der Waals surface area contributed by atoms with Crippen LogP contribution in [-0.2, 0) is 105 Å². The first-order valence-corrected chi connectivity index (χ1v) is 34.5. The van der Waals surface area contributed by atoms with E-state index in [9.17, 15) is 28.8 Å². The van der Waals surface area contributed by atoms with Crippen molar-refractivity contribution in [3.63, 3.8) is 0 Å². The van der Waals surface area contributed by atoms with E-state index >= 15 is 0 Å². The van der Waals surface area contributed by atoms with Crippen LogP contribution in [0.15, 0.2) is 59.8 Å². The molecular weight excluding hydrogens is 1180 g/mol. The lowest BCUT2D eigenvalue weighted by molar-refractivity contribution is -0.129. The van der Waals surface area contributed by atoms with Crippen LogP contribution in [0.2, 0.25) is 0 Å². The van der Waals surface area contributed by atoms with Crippen LogP contribution in [0.3, 0.4) is 0 Å². The molecule has 0 N–H and O–H groups in total. The quantitative estimate of drug-likeness (QED) is 0.248. The zero-order chi connectivity index (χ0) is 60.3. The topological polar surface area (TPSA) is 300 Å². The van der Waals surface area contributed by atoms with Gasteiger partial charge in [-0.15, -0.1) is 0 Å². The van der Waals surface area contributed by atoms with Crippen molar-refractivity contribution < 1.29 is 105 Å². The van der Waals surface area contributed by atoms with E-state index in [1.165, 1.54) is 30.4 Å². The summed E-state index contributed by atoms with van der Waals surface area (Å²) >= 11 is 0. The number of fused-ring (bicyclic) bond motifs is 10. The van der Waals surface area contributed by atoms with Crippen LogP contribution in [0, 0.1) is 0 Å². The second-order valence-electron chi connectivity index (χ2n) is 31.4. The van der Waals surface area contributed by atoms with Gasteiger partial charge in [-0.1, -0.05) is 43.9 Å². The largest absolute Gasteiger partial charge is 0.367 e. The van der Waals surface area contributed by atoms with Crippen LogP contribution in [0.4, 0.5) is 0 Å². The van der Waals surface area contributed by atoms with Gasteiger partial charge in [-0.05, 0) is 144 Å². The molecular formula is C69H72O22. The molecule has 91 heavy (non-hydrogen) atoms. The van der Waals surface area contributed by atoms with E-state index in [2.05, 4.69) is 6.08 Å². The van der Waals surface area contributed by atoms with Crippen molar-refractivity contribution in [3.05, 3.63) is 59.8 Å². The Morgan fingerprint density at radius 2 is 1.16 bits per heavy atom. The van der Waals surface area contributed by atoms with E-state index in [0.29, 0.717) is 37.6 Å². The average Bonchev–Trinajstić information content (AvgIpc) is 1.45. The van der Waals surface area contributed by atoms with Gasteiger partial charge in [-0.3, -0.25) is 28.8 Å². The molecule has 480 valence electrons. The second-order valence-corrected chi connectivity index (χ2v) is 31.4. The number of rotatable bonds is 0. The Hall–Kier alpha value is -3.92. The van der Waals surface area contributed by atoms with E-state index in [0.717, 1.165) is 122 Å². The molecule has 0 aromatic heterocycles. The number of Topliss-reactive ketones (excluding diaryl/α,β-unsaturated/α-hetero) is 3. The molecule has 22 nitrogen and oxygen atoms in total. The number of epoxide rings is 15. The molecule has 29 unspecified atom stereocenters. The van der Waals surface area contributed by atoms with Crippen molar-refractivity contribution in [1.29, 1.82) is 0 Å². The molecule has 2 bridgehead atoms. The maximum atomic E-state index is 12.1. The lowest BCUT2D eigenvalue weighted by Gasteiger charge is -2.30. The fraction of sp³-hybridized carbons (Fsp3) is 0.768. The van der Waals surface area contributed by atoms with Crippen LogP contribution in [-0.4, -0.2) is 225 Å². The molecule has 0 aromatic rings. The molecule has 0 amide bonds. The number of hydrogen-bond donors (Lipinski definition) is 0. The summed E-state index contributed by atoms with van der Waals surface area (Å²) in [4.78, 5) is 71.1. The van der Waals surface area contributed by atoms with Gasteiger partial charge in [-0.25, -0.2) is 0 Å². The van der Waals surface area contributed by atoms with E-state index in [1.807, 2.05) is 24.3 Å². The van der Waals surface area contributed by atoms with Gasteiger partial charge in [-0.2, -0.15) is 0 Å². The summed E-state index contributed by atoms with van der Waals surface area (Å²) in [6.07, 6.45) is 39.6. The number of carbonyl (C=O) groups excluding carboxylic acids is 6. The van der Waals surface area contributed by atoms with Crippen LogP contribution in [0.25, 0.3) is 0 Å². The third-order valence-electron chi connectivity index (χ3n) is 27.6. The molecule has 8 saturated carbocycles. The van der Waals surface area contributed by atoms with Crippen molar-refractivity contribution in [2.45, 2.75) is 305 Å². The molecule has 29 rings (SSSR count). The molecule has 17 saturated heterocycles. The van der Waals surface area contributed by atoms with Crippen molar-refractivity contribution in [1.82, 2.24) is 0 Å². The van der Waals surface area contributed by atoms with Crippen LogP contribution >= 0.6 is 0 Å². The molecule has 9 spiro atoms. The highest BCUT2D eigenvalue weighted by Crippen LogP contribution is 2.76. The van der Waals surface area contributed by atoms with Gasteiger partial charge in [0.2, 0.25) is 17.3 Å². The van der Waals surface area contributed by atoms with E-state index in [4.69, 9.17) is 75.8 Å². The smallest absolute Gasteiger partial charge is 0.203 e. The molecule has 0 radical (unpaired) electrons. The SMILES string of the molecule is C1OC12CC1OC2C2OC12.O=C1C2OC2C23CCCCC2(O3)C12CO2.O=C1C2OC2C2OC23CCCC2OC123.O=C1C2OC2C=C2CCCC3OC123.O=C1C=CC23CCCCC2(O3)C12CO2.O=C1C=CC2OC23CCCC2OC123.O=C1C=CC=C2CCCC3OC123. The number of carbonyl (C=O) groups is 6. The minimum Gasteiger partial charge on any atom is -0.367 e. The van der Waals surface area contributed by atoms with E-state index in [-0.39, 0.29) is 147 Å². The first kappa shape index (κ1) is 54.2. The summed E-state index contributed by atoms with van der Waals surface area (Å²) in [5.41, 5.74) is -1.99. The van der Waals surface area contributed by atoms with E-state index < -0.39 is 33.6 Å². The highest BCUT2D eigenvalue weighted by atomic mass is 16.8. The molecule has 29 aliphatic rings. The molecule has 25 fully saturated rings. The molecule has 29 atom stereocenters. The van der Waals surface area contributed by atoms with Gasteiger partial charge in [0, 0.05) is 6.42 Å². The van der Waals surface area contributed by atoms with E-state index in [1.54, 1.807) is 18.2 Å². The normalized spacial score (nSPS) is 61.7. The molecule has 17 heterocycles. The molecule has 17 aliphatic heterocycles. The fourth-order valence-electron chi connectivity index (χ4n) is 22.2. The Morgan fingerprint density at radius 3 is 1.93 bits per heavy atom. The predicted molar refractivity (Wildman–Crippen MR) is 299 cm³/mol. The second kappa shape index (κ2) is 16.5. The minimum atomic E-state index is -0.592. The highest BCUT2D eigenvalue weighted by molar-refractivity contribution is 6.06. The average molecular weight is 1250 g/mol. The lowest BCUT2D eigenvalue weighted by atomic mass is 9.65. The van der Waals surface area contributed by atoms with Crippen molar-refractivity contribution in [3.8, 4) is 0 Å². The first-order valence-electron chi connectivity index (χ1n) is 34.5. The Balaban J connectivity index is 0.0000000684. The summed E-state index contributed by atoms with van der Waals surface area (Å²) < 4.78 is 89.3. The summed E-state index contributed by atoms with van der Waals surface area (Å²) in [6.45, 7) is 2.03. The van der Waals surface area contributed by atoms with Crippen molar-refractivity contribution in [2.24, 2.45) is 0 Å². The Kier molecular flexibility index (Phi) is 9.86. The van der Waals surface area contributed by atoms with Gasteiger partial charge in [0.05, 0.1) is 50.3 Å². The Morgan fingerprint density at radius 1 is 0.451 bits per heavy atom. The first-order chi connectivity index (χ1) is 44.1. The maximum absolute atomic E-state index is 12.1. The Bertz CT molecular complexity index is 3670. The van der Waals surface area contributed by atoms with Gasteiger partial charge in [0.1, 0.15) is 106 Å². The standard InChI is InChI=1S/C11H12O4.C11H12O3.C10H10O4.2C10H10O3.C10H10O2.C7H8O3/c12-7-6-8(14-6)9-3-1-2-4-11(9,15-9)10(7)5-13-10;12-8-3-6-9-4-1-2-5-11(9,14-9)10(8)7-13-10;11-7-5-6(12-5)8-9(14-8)3-1-2-4-10(7,9)13-4;11-6-3-4-7-9(12-7)5-1-2-8-10(6,9)13-8;11-9-8-6(12-8)4-5-2-1-3-7-10(5,9)13-7;11-8-5-1-3-7-4-2-6-9-10(7,8)12-9;1-3-4-5(10-4)6(9-3)7(1)2-8-7/h6,8H,1-5H2;3,6H,1-2,4-5,7H2;4-6,8H,1-3H2;3-4,7-8H,1-2,5H2;4,6-8H,1-3H2;1,3,5,9H,2,4,6H2;3-6H,1-2H2. The molecule has 12 aliphatic carbocycles. The third kappa shape index (κ3) is 6.37. The lowest BCUT2D eigenvalue weighted by Crippen LogP contribution is -2.55. The van der Waals surface area contributed by atoms with Gasteiger partial charge in [0.15, 0.2) is 51.0 Å². The number of ketones is 6. The predicted octanol–water partition coefficient (Wildman–Crippen LogP) is 3.19. The maximum Gasteiger partial charge on any atom is 0.203 e. The fourth-order valence-corrected chi connectivity index (χ4v) is 22.2.